The van der Waals surface area contributed by atoms with E-state index in [1.807, 2.05) is 13.8 Å². The number of rotatable bonds is 5. The second kappa shape index (κ2) is 6.97. The van der Waals surface area contributed by atoms with Crippen LogP contribution in [0, 0.1) is 0 Å². The summed E-state index contributed by atoms with van der Waals surface area (Å²) in [4.78, 5) is 14.0. The molecule has 1 amide bonds. The highest BCUT2D eigenvalue weighted by Gasteiger charge is 2.25. The van der Waals surface area contributed by atoms with Crippen LogP contribution in [0.2, 0.25) is 0 Å². The Morgan fingerprint density at radius 3 is 2.71 bits per heavy atom. The largest absolute Gasteiger partial charge is 0.354 e. The number of nitrogens with two attached hydrogens (primary N) is 1. The molecule has 2 atom stereocenters. The topological polar surface area (TPSA) is 58.4 Å². The van der Waals surface area contributed by atoms with Gasteiger partial charge in [-0.15, -0.1) is 0 Å². The van der Waals surface area contributed by atoms with Crippen molar-refractivity contribution in [3.63, 3.8) is 0 Å². The minimum Gasteiger partial charge on any atom is -0.354 e. The molecule has 1 aliphatic heterocycles. The zero-order valence-corrected chi connectivity index (χ0v) is 11.4. The molecule has 0 aromatic heterocycles. The molecule has 0 radical (unpaired) electrons. The SMILES string of the molecule is CC(C)NC(=O)CCN1CCCCC1C(C)N. The summed E-state index contributed by atoms with van der Waals surface area (Å²) in [5.41, 5.74) is 6.00. The number of nitrogens with zero attached hydrogens (tertiary/aromatic N) is 1. The van der Waals surface area contributed by atoms with Crippen molar-refractivity contribution in [1.29, 1.82) is 0 Å². The normalized spacial score (nSPS) is 23.7. The summed E-state index contributed by atoms with van der Waals surface area (Å²) in [5.74, 6) is 0.147. The summed E-state index contributed by atoms with van der Waals surface area (Å²) < 4.78 is 0. The Morgan fingerprint density at radius 2 is 2.12 bits per heavy atom. The van der Waals surface area contributed by atoms with Crippen LogP contribution in [0.3, 0.4) is 0 Å². The number of piperidine rings is 1. The maximum atomic E-state index is 11.6. The third kappa shape index (κ3) is 5.04. The van der Waals surface area contributed by atoms with Gasteiger partial charge in [-0.3, -0.25) is 9.69 Å². The van der Waals surface area contributed by atoms with Crippen molar-refractivity contribution in [3.8, 4) is 0 Å². The van der Waals surface area contributed by atoms with Gasteiger partial charge in [0.25, 0.3) is 0 Å². The molecule has 1 rings (SSSR count). The molecule has 1 heterocycles. The van der Waals surface area contributed by atoms with Crippen LogP contribution in [0.15, 0.2) is 0 Å². The summed E-state index contributed by atoms with van der Waals surface area (Å²) in [7, 11) is 0. The lowest BCUT2D eigenvalue weighted by atomic mass is 9.97. The fourth-order valence-corrected chi connectivity index (χ4v) is 2.53. The zero-order valence-electron chi connectivity index (χ0n) is 11.4. The van der Waals surface area contributed by atoms with E-state index >= 15 is 0 Å². The molecular weight excluding hydrogens is 214 g/mol. The number of hydrogen-bond acceptors (Lipinski definition) is 3. The maximum absolute atomic E-state index is 11.6. The third-order valence-corrected chi connectivity index (χ3v) is 3.35. The zero-order chi connectivity index (χ0) is 12.8. The summed E-state index contributed by atoms with van der Waals surface area (Å²) in [6.45, 7) is 7.97. The van der Waals surface area contributed by atoms with Crippen molar-refractivity contribution in [3.05, 3.63) is 0 Å². The van der Waals surface area contributed by atoms with Gasteiger partial charge in [-0.2, -0.15) is 0 Å². The average molecular weight is 241 g/mol. The molecule has 100 valence electrons. The van der Waals surface area contributed by atoms with E-state index in [0.717, 1.165) is 13.1 Å². The lowest BCUT2D eigenvalue weighted by Gasteiger charge is -2.37. The average Bonchev–Trinajstić information content (AvgIpc) is 2.25. The fraction of sp³-hybridized carbons (Fsp3) is 0.923. The Morgan fingerprint density at radius 1 is 1.41 bits per heavy atom. The summed E-state index contributed by atoms with van der Waals surface area (Å²) in [6.07, 6.45) is 4.25. The molecule has 1 saturated heterocycles. The molecular formula is C13H27N3O. The maximum Gasteiger partial charge on any atom is 0.221 e. The first kappa shape index (κ1) is 14.5. The van der Waals surface area contributed by atoms with E-state index in [0.29, 0.717) is 12.5 Å². The lowest BCUT2D eigenvalue weighted by molar-refractivity contribution is -0.122. The van der Waals surface area contributed by atoms with Crippen LogP contribution in [-0.2, 0) is 4.79 Å². The van der Waals surface area contributed by atoms with Crippen molar-refractivity contribution in [2.24, 2.45) is 5.73 Å². The third-order valence-electron chi connectivity index (χ3n) is 3.35. The summed E-state index contributed by atoms with van der Waals surface area (Å²) >= 11 is 0. The minimum absolute atomic E-state index is 0.147. The van der Waals surface area contributed by atoms with Gasteiger partial charge in [-0.25, -0.2) is 0 Å². The fourth-order valence-electron chi connectivity index (χ4n) is 2.53. The van der Waals surface area contributed by atoms with Gasteiger partial charge < -0.3 is 11.1 Å². The lowest BCUT2D eigenvalue weighted by Crippen LogP contribution is -2.50. The summed E-state index contributed by atoms with van der Waals surface area (Å²) in [5, 5.41) is 2.93. The Labute approximate surface area is 105 Å². The van der Waals surface area contributed by atoms with E-state index in [1.54, 1.807) is 0 Å². The van der Waals surface area contributed by atoms with Crippen LogP contribution in [0.25, 0.3) is 0 Å². The van der Waals surface area contributed by atoms with Gasteiger partial charge in [-0.05, 0) is 40.2 Å². The molecule has 0 aliphatic carbocycles. The molecule has 0 saturated carbocycles. The molecule has 1 fully saturated rings. The molecule has 17 heavy (non-hydrogen) atoms. The van der Waals surface area contributed by atoms with Crippen LogP contribution < -0.4 is 11.1 Å². The second-order valence-corrected chi connectivity index (χ2v) is 5.43. The van der Waals surface area contributed by atoms with Gasteiger partial charge in [-0.1, -0.05) is 6.42 Å². The second-order valence-electron chi connectivity index (χ2n) is 5.43. The first-order valence-electron chi connectivity index (χ1n) is 6.79. The number of amides is 1. The molecule has 3 N–H and O–H groups in total. The number of nitrogens with one attached hydrogen (secondary N) is 1. The monoisotopic (exact) mass is 241 g/mol. The highest BCUT2D eigenvalue weighted by atomic mass is 16.1. The number of carbonyl (C=O) groups is 1. The van der Waals surface area contributed by atoms with Crippen molar-refractivity contribution in [1.82, 2.24) is 10.2 Å². The van der Waals surface area contributed by atoms with Crippen LogP contribution in [0.4, 0.5) is 0 Å². The van der Waals surface area contributed by atoms with Crippen molar-refractivity contribution in [2.45, 2.75) is 64.6 Å². The highest BCUT2D eigenvalue weighted by Crippen LogP contribution is 2.18. The Hall–Kier alpha value is -0.610. The smallest absolute Gasteiger partial charge is 0.221 e. The molecule has 0 spiro atoms. The van der Waals surface area contributed by atoms with E-state index < -0.39 is 0 Å². The van der Waals surface area contributed by atoms with Gasteiger partial charge in [0.15, 0.2) is 0 Å². The molecule has 2 unspecified atom stereocenters. The quantitative estimate of drug-likeness (QED) is 0.758. The number of hydrogen-bond donors (Lipinski definition) is 2. The van der Waals surface area contributed by atoms with Crippen molar-refractivity contribution in [2.75, 3.05) is 13.1 Å². The van der Waals surface area contributed by atoms with Gasteiger partial charge in [0.2, 0.25) is 5.91 Å². The summed E-state index contributed by atoms with van der Waals surface area (Å²) in [6, 6.07) is 0.882. The van der Waals surface area contributed by atoms with E-state index in [1.165, 1.54) is 19.3 Å². The van der Waals surface area contributed by atoms with E-state index in [-0.39, 0.29) is 18.0 Å². The molecule has 0 aromatic carbocycles. The molecule has 0 bridgehead atoms. The highest BCUT2D eigenvalue weighted by molar-refractivity contribution is 5.76. The first-order chi connectivity index (χ1) is 8.00. The van der Waals surface area contributed by atoms with Crippen LogP contribution >= 0.6 is 0 Å². The van der Waals surface area contributed by atoms with Crippen LogP contribution in [0.1, 0.15) is 46.5 Å². The van der Waals surface area contributed by atoms with E-state index in [2.05, 4.69) is 17.1 Å². The molecule has 1 aliphatic rings. The Kier molecular flexibility index (Phi) is 5.92. The van der Waals surface area contributed by atoms with E-state index in [9.17, 15) is 4.79 Å². The van der Waals surface area contributed by atoms with Crippen molar-refractivity contribution < 1.29 is 4.79 Å². The predicted molar refractivity (Wildman–Crippen MR) is 70.8 cm³/mol. The standard InChI is InChI=1S/C13H27N3O/c1-10(2)15-13(17)7-9-16-8-5-4-6-12(16)11(3)14/h10-12H,4-9,14H2,1-3H3,(H,15,17). The van der Waals surface area contributed by atoms with Crippen LogP contribution in [0.5, 0.6) is 0 Å². The Balaban J connectivity index is 2.35. The Bertz CT molecular complexity index is 241. The first-order valence-corrected chi connectivity index (χ1v) is 6.79. The van der Waals surface area contributed by atoms with Gasteiger partial charge in [0.05, 0.1) is 0 Å². The molecule has 4 nitrogen and oxygen atoms in total. The predicted octanol–water partition coefficient (Wildman–Crippen LogP) is 1.10. The minimum atomic E-state index is 0.147. The van der Waals surface area contributed by atoms with Gasteiger partial charge in [0.1, 0.15) is 0 Å². The molecule has 4 heteroatoms. The molecule has 0 aromatic rings. The van der Waals surface area contributed by atoms with Gasteiger partial charge >= 0.3 is 0 Å². The van der Waals surface area contributed by atoms with E-state index in [4.69, 9.17) is 5.73 Å². The van der Waals surface area contributed by atoms with Crippen molar-refractivity contribution >= 4 is 5.91 Å². The number of likely N-dealkylation sites (tertiary alicyclic amines) is 1. The number of carbonyl (C=O) groups excluding carboxylic acids is 1. The van der Waals surface area contributed by atoms with Gasteiger partial charge in [0, 0.05) is 31.1 Å². The van der Waals surface area contributed by atoms with Crippen LogP contribution in [-0.4, -0.2) is 42.0 Å².